The Bertz CT molecular complexity index is 103. The van der Waals surface area contributed by atoms with Crippen LogP contribution in [0.1, 0.15) is 26.7 Å². The molecular weight excluding hydrogens is 136 g/mol. The van der Waals surface area contributed by atoms with Gasteiger partial charge in [0.25, 0.3) is 0 Å². The van der Waals surface area contributed by atoms with Crippen LogP contribution < -0.4 is 0 Å². The van der Waals surface area contributed by atoms with E-state index in [1.165, 1.54) is 12.8 Å². The Hall–Kier alpha value is 0.217. The van der Waals surface area contributed by atoms with Crippen molar-refractivity contribution in [2.45, 2.75) is 51.4 Å². The summed E-state index contributed by atoms with van der Waals surface area (Å²) >= 11 is 0. The lowest BCUT2D eigenvalue weighted by Gasteiger charge is -2.42. The molecule has 1 aliphatic rings. The molecule has 10 heavy (non-hydrogen) atoms. The van der Waals surface area contributed by atoms with Gasteiger partial charge in [0.2, 0.25) is 0 Å². The van der Waals surface area contributed by atoms with Crippen molar-refractivity contribution < 1.29 is 0 Å². The first-order valence-corrected chi connectivity index (χ1v) is 7.78. The molecule has 0 aliphatic carbocycles. The summed E-state index contributed by atoms with van der Waals surface area (Å²) < 4.78 is 0. The number of hydrogen-bond acceptors (Lipinski definition) is 0. The lowest BCUT2D eigenvalue weighted by molar-refractivity contribution is 0.618. The minimum absolute atomic E-state index is 0.581. The number of unbranched alkanes of at least 4 members (excludes halogenated alkanes) is 1. The SMILES string of the molecule is CCCC[Si]1(C)CC(C)C1. The molecule has 1 saturated heterocycles. The van der Waals surface area contributed by atoms with Crippen LogP contribution in [0.15, 0.2) is 0 Å². The summed E-state index contributed by atoms with van der Waals surface area (Å²) in [6.07, 6.45) is 2.90. The molecule has 0 spiro atoms. The minimum Gasteiger partial charge on any atom is -0.0691 e. The van der Waals surface area contributed by atoms with E-state index in [2.05, 4.69) is 20.4 Å². The van der Waals surface area contributed by atoms with Crippen molar-refractivity contribution in [3.63, 3.8) is 0 Å². The van der Waals surface area contributed by atoms with Gasteiger partial charge in [-0.15, -0.1) is 0 Å². The zero-order chi connectivity index (χ0) is 7.61. The molecule has 0 aromatic rings. The van der Waals surface area contributed by atoms with Crippen LogP contribution in [0.5, 0.6) is 0 Å². The van der Waals surface area contributed by atoms with Crippen LogP contribution >= 0.6 is 0 Å². The minimum atomic E-state index is -0.581. The van der Waals surface area contributed by atoms with Crippen LogP contribution in [0, 0.1) is 5.92 Å². The molecule has 1 heteroatoms. The molecule has 0 radical (unpaired) electrons. The standard InChI is InChI=1S/C9H20Si/c1-4-5-6-10(3)7-9(2)8-10/h9H,4-8H2,1-3H3. The number of hydrogen-bond donors (Lipinski definition) is 0. The third kappa shape index (κ3) is 1.85. The van der Waals surface area contributed by atoms with Gasteiger partial charge >= 0.3 is 0 Å². The molecule has 0 atom stereocenters. The van der Waals surface area contributed by atoms with Gasteiger partial charge in [0.15, 0.2) is 0 Å². The van der Waals surface area contributed by atoms with E-state index in [0.717, 1.165) is 5.92 Å². The molecule has 1 rings (SSSR count). The summed E-state index contributed by atoms with van der Waals surface area (Å²) in [4.78, 5) is 0. The van der Waals surface area contributed by atoms with Crippen LogP contribution in [-0.4, -0.2) is 8.07 Å². The van der Waals surface area contributed by atoms with Gasteiger partial charge in [-0.3, -0.25) is 0 Å². The van der Waals surface area contributed by atoms with Crippen molar-refractivity contribution in [3.8, 4) is 0 Å². The average molecular weight is 156 g/mol. The van der Waals surface area contributed by atoms with Crippen molar-refractivity contribution in [2.75, 3.05) is 0 Å². The molecule has 0 amide bonds. The van der Waals surface area contributed by atoms with Crippen LogP contribution in [0.4, 0.5) is 0 Å². The highest BCUT2D eigenvalue weighted by Crippen LogP contribution is 2.41. The van der Waals surface area contributed by atoms with Crippen LogP contribution in [0.3, 0.4) is 0 Å². The maximum atomic E-state index is 2.59. The normalized spacial score (nSPS) is 39.3. The summed E-state index contributed by atoms with van der Waals surface area (Å²) in [5.74, 6) is 1.08. The lowest BCUT2D eigenvalue weighted by Crippen LogP contribution is -2.42. The van der Waals surface area contributed by atoms with E-state index in [-0.39, 0.29) is 0 Å². The topological polar surface area (TPSA) is 0 Å². The van der Waals surface area contributed by atoms with Gasteiger partial charge < -0.3 is 0 Å². The smallest absolute Gasteiger partial charge is 0.0509 e. The molecule has 0 aromatic heterocycles. The molecule has 1 fully saturated rings. The monoisotopic (exact) mass is 156 g/mol. The zero-order valence-corrected chi connectivity index (χ0v) is 8.61. The van der Waals surface area contributed by atoms with Gasteiger partial charge in [-0.25, -0.2) is 0 Å². The van der Waals surface area contributed by atoms with E-state index < -0.39 is 8.07 Å². The molecule has 1 heterocycles. The molecule has 0 bridgehead atoms. The van der Waals surface area contributed by atoms with E-state index in [1.54, 1.807) is 18.1 Å². The highest BCUT2D eigenvalue weighted by atomic mass is 28.3. The highest BCUT2D eigenvalue weighted by molar-refractivity contribution is 6.81. The third-order valence-corrected chi connectivity index (χ3v) is 7.74. The highest BCUT2D eigenvalue weighted by Gasteiger charge is 2.38. The molecule has 0 saturated carbocycles. The maximum absolute atomic E-state index is 2.59. The van der Waals surface area contributed by atoms with Crippen molar-refractivity contribution >= 4 is 8.07 Å². The first kappa shape index (κ1) is 8.31. The Balaban J connectivity index is 2.15. The van der Waals surface area contributed by atoms with Crippen molar-refractivity contribution in [3.05, 3.63) is 0 Å². The van der Waals surface area contributed by atoms with Crippen molar-refractivity contribution in [2.24, 2.45) is 5.92 Å². The van der Waals surface area contributed by atoms with Gasteiger partial charge in [-0.05, 0) is 5.92 Å². The summed E-state index contributed by atoms with van der Waals surface area (Å²) in [6.45, 7) is 7.29. The Morgan fingerprint density at radius 2 is 2.00 bits per heavy atom. The second-order valence-corrected chi connectivity index (χ2v) is 9.37. The summed E-state index contributed by atoms with van der Waals surface area (Å²) in [7, 11) is -0.581. The zero-order valence-electron chi connectivity index (χ0n) is 7.61. The first-order valence-electron chi connectivity index (χ1n) is 4.66. The van der Waals surface area contributed by atoms with Gasteiger partial charge in [0, 0.05) is 0 Å². The molecule has 0 N–H and O–H groups in total. The fourth-order valence-corrected chi connectivity index (χ4v) is 7.29. The quantitative estimate of drug-likeness (QED) is 0.549. The Labute approximate surface area is 66.0 Å². The Morgan fingerprint density at radius 3 is 2.40 bits per heavy atom. The van der Waals surface area contributed by atoms with E-state index in [4.69, 9.17) is 0 Å². The van der Waals surface area contributed by atoms with Gasteiger partial charge in [0.05, 0.1) is 8.07 Å². The van der Waals surface area contributed by atoms with Crippen LogP contribution in [0.25, 0.3) is 0 Å². The molecule has 0 unspecified atom stereocenters. The average Bonchev–Trinajstić information content (AvgIpc) is 1.81. The summed E-state index contributed by atoms with van der Waals surface area (Å²) in [5, 5.41) is 0. The van der Waals surface area contributed by atoms with E-state index in [1.807, 2.05) is 0 Å². The molecule has 1 aliphatic heterocycles. The fraction of sp³-hybridized carbons (Fsp3) is 1.00. The van der Waals surface area contributed by atoms with Gasteiger partial charge in [-0.1, -0.05) is 51.4 Å². The predicted molar refractivity (Wildman–Crippen MR) is 50.1 cm³/mol. The summed E-state index contributed by atoms with van der Waals surface area (Å²) in [5.41, 5.74) is 0. The summed E-state index contributed by atoms with van der Waals surface area (Å²) in [6, 6.07) is 4.84. The Kier molecular flexibility index (Phi) is 2.56. The molecule has 0 aromatic carbocycles. The van der Waals surface area contributed by atoms with E-state index in [0.29, 0.717) is 0 Å². The second kappa shape index (κ2) is 3.08. The van der Waals surface area contributed by atoms with Gasteiger partial charge in [0.1, 0.15) is 0 Å². The molecule has 0 nitrogen and oxygen atoms in total. The fourth-order valence-electron chi connectivity index (χ4n) is 2.43. The van der Waals surface area contributed by atoms with Crippen molar-refractivity contribution in [1.29, 1.82) is 0 Å². The lowest BCUT2D eigenvalue weighted by atomic mass is 10.2. The third-order valence-electron chi connectivity index (χ3n) is 2.82. The van der Waals surface area contributed by atoms with Crippen LogP contribution in [-0.2, 0) is 0 Å². The first-order chi connectivity index (χ1) is 4.66. The van der Waals surface area contributed by atoms with Crippen LogP contribution in [0.2, 0.25) is 24.7 Å². The molecule has 60 valence electrons. The molecular formula is C9H20Si. The predicted octanol–water partition coefficient (Wildman–Crippen LogP) is 3.51. The maximum Gasteiger partial charge on any atom is 0.0509 e. The van der Waals surface area contributed by atoms with E-state index in [9.17, 15) is 0 Å². The van der Waals surface area contributed by atoms with E-state index >= 15 is 0 Å². The largest absolute Gasteiger partial charge is 0.0691 e. The Morgan fingerprint density at radius 1 is 1.40 bits per heavy atom. The van der Waals surface area contributed by atoms with Crippen molar-refractivity contribution in [1.82, 2.24) is 0 Å². The number of rotatable bonds is 3. The second-order valence-electron chi connectivity index (χ2n) is 4.43. The van der Waals surface area contributed by atoms with Gasteiger partial charge in [-0.2, -0.15) is 0 Å².